The number of aryl methyl sites for hydroxylation is 2. The van der Waals surface area contributed by atoms with Gasteiger partial charge in [0.05, 0.1) is 16.4 Å². The van der Waals surface area contributed by atoms with Crippen molar-refractivity contribution in [1.82, 2.24) is 20.1 Å². The molecule has 3 aromatic rings. The van der Waals surface area contributed by atoms with Crippen molar-refractivity contribution in [2.75, 3.05) is 0 Å². The van der Waals surface area contributed by atoms with Gasteiger partial charge in [0.1, 0.15) is 4.88 Å². The maximum absolute atomic E-state index is 12.7. The molecule has 0 saturated carbocycles. The molecule has 0 aliphatic carbocycles. The molecule has 3 rings (SSSR count). The molecule has 1 N–H and O–H groups in total. The summed E-state index contributed by atoms with van der Waals surface area (Å²) in [6.07, 6.45) is -1.38. The smallest absolute Gasteiger partial charge is 0.347 e. The molecule has 1 aromatic carbocycles. The van der Waals surface area contributed by atoms with Crippen LogP contribution < -0.4 is 5.32 Å². The summed E-state index contributed by atoms with van der Waals surface area (Å²) in [6.45, 7) is 4.19. The average Bonchev–Trinajstić information content (AvgIpc) is 3.27. The molecule has 2 aromatic heterocycles. The largest absolute Gasteiger partial charge is 0.435 e. The Morgan fingerprint density at radius 3 is 2.54 bits per heavy atom. The summed E-state index contributed by atoms with van der Waals surface area (Å²) in [5, 5.41) is 7.34. The van der Waals surface area contributed by atoms with Crippen LogP contribution in [0.3, 0.4) is 0 Å². The van der Waals surface area contributed by atoms with E-state index in [1.807, 2.05) is 6.92 Å². The molecular formula is C19H19F3N4OS. The molecule has 0 atom stereocenters. The molecule has 0 bridgehead atoms. The number of aromatic nitrogens is 3. The van der Waals surface area contributed by atoms with Crippen LogP contribution >= 0.6 is 11.3 Å². The molecule has 2 heterocycles. The van der Waals surface area contributed by atoms with E-state index in [2.05, 4.69) is 22.3 Å². The van der Waals surface area contributed by atoms with E-state index in [0.717, 1.165) is 35.2 Å². The van der Waals surface area contributed by atoms with Crippen molar-refractivity contribution in [3.05, 3.63) is 63.4 Å². The number of carbonyl (C=O) groups is 1. The van der Waals surface area contributed by atoms with Gasteiger partial charge in [-0.05, 0) is 43.5 Å². The van der Waals surface area contributed by atoms with Crippen LogP contribution in [0.25, 0.3) is 5.69 Å². The first-order valence-corrected chi connectivity index (χ1v) is 9.56. The molecule has 0 fully saturated rings. The van der Waals surface area contributed by atoms with Crippen molar-refractivity contribution in [1.29, 1.82) is 0 Å². The van der Waals surface area contributed by atoms with E-state index in [1.54, 1.807) is 24.3 Å². The van der Waals surface area contributed by atoms with E-state index < -0.39 is 11.9 Å². The standard InChI is InChI=1S/C19H19F3N4OS/c1-3-4-16-24-12(2)17(28-16)18(27)23-11-13-5-7-14(8-6-13)26-10-9-15(25-26)19(20,21)22/h5-10H,3-4,11H2,1-2H3,(H,23,27). The second-order valence-corrected chi connectivity index (χ2v) is 7.35. The summed E-state index contributed by atoms with van der Waals surface area (Å²) in [7, 11) is 0. The van der Waals surface area contributed by atoms with Gasteiger partial charge < -0.3 is 5.32 Å². The molecule has 148 valence electrons. The van der Waals surface area contributed by atoms with Crippen LogP contribution in [0.5, 0.6) is 0 Å². The summed E-state index contributed by atoms with van der Waals surface area (Å²) < 4.78 is 39.1. The van der Waals surface area contributed by atoms with Crippen LogP contribution in [0, 0.1) is 6.92 Å². The Morgan fingerprint density at radius 1 is 1.21 bits per heavy atom. The number of alkyl halides is 3. The second kappa shape index (κ2) is 8.14. The highest BCUT2D eigenvalue weighted by molar-refractivity contribution is 7.13. The quantitative estimate of drug-likeness (QED) is 0.652. The third-order valence-electron chi connectivity index (χ3n) is 4.04. The van der Waals surface area contributed by atoms with E-state index in [9.17, 15) is 18.0 Å². The van der Waals surface area contributed by atoms with Gasteiger partial charge in [0.15, 0.2) is 5.69 Å². The topological polar surface area (TPSA) is 59.8 Å². The number of nitrogens with zero attached hydrogens (tertiary/aromatic N) is 3. The molecule has 1 amide bonds. The predicted octanol–water partition coefficient (Wildman–Crippen LogP) is 4.54. The van der Waals surface area contributed by atoms with Crippen LogP contribution in [0.2, 0.25) is 0 Å². The van der Waals surface area contributed by atoms with Gasteiger partial charge in [-0.25, -0.2) is 9.67 Å². The van der Waals surface area contributed by atoms with Crippen LogP contribution in [-0.2, 0) is 19.1 Å². The van der Waals surface area contributed by atoms with Crippen molar-refractivity contribution < 1.29 is 18.0 Å². The monoisotopic (exact) mass is 408 g/mol. The van der Waals surface area contributed by atoms with E-state index in [4.69, 9.17) is 0 Å². The number of thiazole rings is 1. The molecule has 0 saturated heterocycles. The normalized spacial score (nSPS) is 11.6. The molecule has 0 aliphatic heterocycles. The zero-order chi connectivity index (χ0) is 20.3. The maximum Gasteiger partial charge on any atom is 0.435 e. The number of amides is 1. The molecule has 9 heteroatoms. The third kappa shape index (κ3) is 4.59. The van der Waals surface area contributed by atoms with Crippen LogP contribution in [0.15, 0.2) is 36.5 Å². The summed E-state index contributed by atoms with van der Waals surface area (Å²) in [4.78, 5) is 17.4. The number of hydrogen-bond donors (Lipinski definition) is 1. The minimum atomic E-state index is -4.47. The lowest BCUT2D eigenvalue weighted by atomic mass is 10.2. The summed E-state index contributed by atoms with van der Waals surface area (Å²) in [5.41, 5.74) is 1.12. The number of benzene rings is 1. The fraction of sp³-hybridized carbons (Fsp3) is 0.316. The number of halogens is 3. The zero-order valence-electron chi connectivity index (χ0n) is 15.4. The molecule has 0 aliphatic rings. The molecule has 28 heavy (non-hydrogen) atoms. The Kier molecular flexibility index (Phi) is 5.83. The lowest BCUT2D eigenvalue weighted by molar-refractivity contribution is -0.141. The van der Waals surface area contributed by atoms with E-state index in [1.165, 1.54) is 22.2 Å². The fourth-order valence-corrected chi connectivity index (χ4v) is 3.71. The SMILES string of the molecule is CCCc1nc(C)c(C(=O)NCc2ccc(-n3ccc(C(F)(F)F)n3)cc2)s1. The van der Waals surface area contributed by atoms with Crippen molar-refractivity contribution in [2.45, 2.75) is 39.4 Å². The van der Waals surface area contributed by atoms with Crippen molar-refractivity contribution in [3.8, 4) is 5.69 Å². The van der Waals surface area contributed by atoms with Crippen LogP contribution in [0.1, 0.15) is 45.0 Å². The summed E-state index contributed by atoms with van der Waals surface area (Å²) in [5.74, 6) is -0.177. The van der Waals surface area contributed by atoms with Gasteiger partial charge >= 0.3 is 6.18 Å². The van der Waals surface area contributed by atoms with Crippen molar-refractivity contribution in [3.63, 3.8) is 0 Å². The Labute approximate surface area is 164 Å². The van der Waals surface area contributed by atoms with Gasteiger partial charge in [0.2, 0.25) is 0 Å². The van der Waals surface area contributed by atoms with Crippen LogP contribution in [0.4, 0.5) is 13.2 Å². The first-order chi connectivity index (χ1) is 13.3. The van der Waals surface area contributed by atoms with Gasteiger partial charge in [0, 0.05) is 12.7 Å². The second-order valence-electron chi connectivity index (χ2n) is 6.26. The highest BCUT2D eigenvalue weighted by Gasteiger charge is 2.33. The molecule has 0 spiro atoms. The number of carbonyl (C=O) groups excluding carboxylic acids is 1. The zero-order valence-corrected chi connectivity index (χ0v) is 16.2. The summed E-state index contributed by atoms with van der Waals surface area (Å²) >= 11 is 1.40. The first-order valence-electron chi connectivity index (χ1n) is 8.74. The molecule has 5 nitrogen and oxygen atoms in total. The van der Waals surface area contributed by atoms with Crippen molar-refractivity contribution >= 4 is 17.2 Å². The minimum Gasteiger partial charge on any atom is -0.347 e. The lowest BCUT2D eigenvalue weighted by Crippen LogP contribution is -2.22. The Balaban J connectivity index is 1.63. The van der Waals surface area contributed by atoms with Crippen molar-refractivity contribution in [2.24, 2.45) is 0 Å². The molecular weight excluding hydrogens is 389 g/mol. The number of rotatable bonds is 6. The van der Waals surface area contributed by atoms with E-state index >= 15 is 0 Å². The first kappa shape index (κ1) is 20.1. The number of hydrogen-bond acceptors (Lipinski definition) is 4. The maximum atomic E-state index is 12.7. The highest BCUT2D eigenvalue weighted by atomic mass is 32.1. The van der Waals surface area contributed by atoms with Gasteiger partial charge in [-0.15, -0.1) is 11.3 Å². The Morgan fingerprint density at radius 2 is 1.93 bits per heavy atom. The van der Waals surface area contributed by atoms with Gasteiger partial charge in [0.25, 0.3) is 5.91 Å². The van der Waals surface area contributed by atoms with Gasteiger partial charge in [-0.1, -0.05) is 19.1 Å². The highest BCUT2D eigenvalue weighted by Crippen LogP contribution is 2.28. The lowest BCUT2D eigenvalue weighted by Gasteiger charge is -2.07. The minimum absolute atomic E-state index is 0.177. The van der Waals surface area contributed by atoms with E-state index in [0.29, 0.717) is 17.1 Å². The third-order valence-corrected chi connectivity index (χ3v) is 5.26. The van der Waals surface area contributed by atoms with Gasteiger partial charge in [-0.3, -0.25) is 4.79 Å². The number of nitrogens with one attached hydrogen (secondary N) is 1. The average molecular weight is 408 g/mol. The van der Waals surface area contributed by atoms with Gasteiger partial charge in [-0.2, -0.15) is 18.3 Å². The van der Waals surface area contributed by atoms with Crippen LogP contribution in [-0.4, -0.2) is 20.7 Å². The Bertz CT molecular complexity index is 960. The fourth-order valence-electron chi connectivity index (χ4n) is 2.63. The van der Waals surface area contributed by atoms with E-state index in [-0.39, 0.29) is 5.91 Å². The summed E-state index contributed by atoms with van der Waals surface area (Å²) in [6, 6.07) is 7.73. The molecule has 0 radical (unpaired) electrons. The predicted molar refractivity (Wildman–Crippen MR) is 101 cm³/mol. The Hall–Kier alpha value is -2.68. The molecule has 0 unspecified atom stereocenters.